The Kier molecular flexibility index (Phi) is 12.7. The summed E-state index contributed by atoms with van der Waals surface area (Å²) < 4.78 is 0. The van der Waals surface area contributed by atoms with Gasteiger partial charge in [0.05, 0.1) is 0 Å². The van der Waals surface area contributed by atoms with Gasteiger partial charge in [-0.25, -0.2) is 0 Å². The Morgan fingerprint density at radius 2 is 0.469 bits per heavy atom. The first-order valence-corrected chi connectivity index (χ1v) is 9.76. The molecule has 1 aliphatic rings. The Bertz CT molecular complexity index is 886. The van der Waals surface area contributed by atoms with Crippen LogP contribution in [0.4, 0.5) is 0 Å². The molecule has 0 fully saturated rings. The van der Waals surface area contributed by atoms with E-state index in [1.54, 1.807) is 0 Å². The van der Waals surface area contributed by atoms with Crippen LogP contribution < -0.4 is 75.4 Å². The van der Waals surface area contributed by atoms with Crippen LogP contribution in [0.25, 0.3) is 0 Å². The second-order valence-electron chi connectivity index (χ2n) is 7.71. The fourth-order valence-electron chi connectivity index (χ4n) is 4.07. The molecule has 0 radical (unpaired) electrons. The predicted octanol–water partition coefficient (Wildman–Crippen LogP) is -6.42. The zero-order chi connectivity index (χ0) is 18.8. The maximum absolute atomic E-state index is 3.33. The molecule has 0 atom stereocenters. The smallest absolute Gasteiger partial charge is 0.183 e. The largest absolute Gasteiger partial charge is 1.00 e. The van der Waals surface area contributed by atoms with E-state index in [9.17, 15) is 0 Å². The van der Waals surface area contributed by atoms with Crippen LogP contribution in [0.5, 0.6) is 0 Å². The summed E-state index contributed by atoms with van der Waals surface area (Å²) in [5.41, 5.74) is 10.4. The summed E-state index contributed by atoms with van der Waals surface area (Å²) in [6.45, 7) is 0. The van der Waals surface area contributed by atoms with Gasteiger partial charge in [0.2, 0.25) is 0 Å². The fourth-order valence-corrected chi connectivity index (χ4v) is 4.07. The van der Waals surface area contributed by atoms with Gasteiger partial charge in [0.15, 0.2) is 0 Å². The van der Waals surface area contributed by atoms with E-state index in [0.717, 1.165) is 25.7 Å². The normalized spacial score (nSPS) is 11.5. The van der Waals surface area contributed by atoms with Gasteiger partial charge in [-0.2, -0.15) is 142 Å². The molecule has 0 nitrogen and oxygen atoms in total. The number of hydrogen-bond acceptors (Lipinski definition) is 0. The molecule has 8 bridgehead atoms. The minimum Gasteiger partial charge on any atom is -0.183 e. The number of hydrogen-bond donors (Lipinski definition) is 0. The minimum absolute atomic E-state index is 0. The first-order chi connectivity index (χ1) is 13.8. The van der Waals surface area contributed by atoms with Crippen molar-refractivity contribution in [3.63, 3.8) is 0 Å². The third-order valence-corrected chi connectivity index (χ3v) is 5.27. The van der Waals surface area contributed by atoms with Crippen molar-refractivity contribution in [1.82, 2.24) is 0 Å². The molecule has 136 valence electrons. The molecule has 5 rings (SSSR count). The van der Waals surface area contributed by atoms with E-state index < -0.39 is 0 Å². The molecule has 1 aliphatic carbocycles. The molecule has 0 aliphatic heterocycles. The standard InChI is InChI=1S/C28H20.4Li/c1-5-21-13-22(6-1)18-24-8-3-10-26(15-24)20-28-12-4-11-27(16-28)19-25-9-2-7-23(14-25)17-21;;;;/h5-16H,17-20H2;;;;/q-4;4*+1. The van der Waals surface area contributed by atoms with Gasteiger partial charge < -0.3 is 0 Å². The van der Waals surface area contributed by atoms with Crippen LogP contribution in [0.2, 0.25) is 0 Å². The van der Waals surface area contributed by atoms with Crippen molar-refractivity contribution in [3.8, 4) is 0 Å². The third kappa shape index (κ3) is 7.66. The summed E-state index contributed by atoms with van der Waals surface area (Å²) in [6, 6.07) is 39.3. The van der Waals surface area contributed by atoms with Crippen LogP contribution in [-0.4, -0.2) is 0 Å². The molecular weight excluding hydrogens is 364 g/mol. The number of rotatable bonds is 0. The van der Waals surface area contributed by atoms with Crippen LogP contribution in [0.3, 0.4) is 0 Å². The molecule has 0 unspecified atom stereocenters. The summed E-state index contributed by atoms with van der Waals surface area (Å²) >= 11 is 0. The first kappa shape index (κ1) is 29.3. The number of fused-ring (bicyclic) bond motifs is 8. The molecule has 4 aromatic carbocycles. The fraction of sp³-hybridized carbons (Fsp3) is 0.143. The Hall–Kier alpha value is -0.730. The van der Waals surface area contributed by atoms with Crippen LogP contribution >= 0.6 is 0 Å². The average Bonchev–Trinajstić information content (AvgIpc) is 2.69. The van der Waals surface area contributed by atoms with E-state index >= 15 is 0 Å². The SMILES string of the molecule is [Li+].[Li+].[Li+].[Li+].[c-]1cc2cc(c1)Cc1c[c-]cc(c1)Cc1c[c-]cc(c1)Cc1c[c-]cc(c1)C2. The molecule has 0 N–H and O–H groups in total. The molecule has 0 saturated carbocycles. The monoisotopic (exact) mass is 384 g/mol. The van der Waals surface area contributed by atoms with Crippen LogP contribution in [0, 0.1) is 24.3 Å². The Morgan fingerprint density at radius 3 is 0.625 bits per heavy atom. The van der Waals surface area contributed by atoms with Gasteiger partial charge >= 0.3 is 75.4 Å². The zero-order valence-corrected chi connectivity index (χ0v) is 19.8. The van der Waals surface area contributed by atoms with Crippen molar-refractivity contribution in [2.24, 2.45) is 0 Å². The maximum Gasteiger partial charge on any atom is 1.00 e. The second-order valence-corrected chi connectivity index (χ2v) is 7.71. The van der Waals surface area contributed by atoms with Crippen molar-refractivity contribution in [2.45, 2.75) is 25.7 Å². The number of benzene rings is 4. The molecule has 0 amide bonds. The molecule has 4 aromatic rings. The quantitative estimate of drug-likeness (QED) is 0.184. The Balaban J connectivity index is 0.00000128. The zero-order valence-electron chi connectivity index (χ0n) is 19.8. The van der Waals surface area contributed by atoms with E-state index in [1.165, 1.54) is 44.5 Å². The summed E-state index contributed by atoms with van der Waals surface area (Å²) in [5.74, 6) is 0. The van der Waals surface area contributed by atoms with Crippen molar-refractivity contribution >= 4 is 0 Å². The van der Waals surface area contributed by atoms with E-state index in [2.05, 4.69) is 97.1 Å². The molecule has 4 heteroatoms. The Labute approximate surface area is 240 Å². The van der Waals surface area contributed by atoms with E-state index in [1.807, 2.05) is 0 Å². The summed E-state index contributed by atoms with van der Waals surface area (Å²) in [4.78, 5) is 0. The van der Waals surface area contributed by atoms with Crippen LogP contribution in [0.15, 0.2) is 72.8 Å². The van der Waals surface area contributed by atoms with Gasteiger partial charge in [0, 0.05) is 0 Å². The molecule has 0 aromatic heterocycles. The van der Waals surface area contributed by atoms with E-state index in [-0.39, 0.29) is 75.4 Å². The van der Waals surface area contributed by atoms with Crippen molar-refractivity contribution in [3.05, 3.63) is 142 Å². The topological polar surface area (TPSA) is 0 Å². The molecule has 0 heterocycles. The third-order valence-electron chi connectivity index (χ3n) is 5.27. The molecule has 32 heavy (non-hydrogen) atoms. The maximum atomic E-state index is 3.33. The average molecular weight is 384 g/mol. The van der Waals surface area contributed by atoms with Gasteiger partial charge in [0.25, 0.3) is 0 Å². The van der Waals surface area contributed by atoms with Crippen molar-refractivity contribution < 1.29 is 75.4 Å². The summed E-state index contributed by atoms with van der Waals surface area (Å²) in [5, 5.41) is 0. The van der Waals surface area contributed by atoms with Crippen LogP contribution in [0.1, 0.15) is 44.5 Å². The van der Waals surface area contributed by atoms with Crippen LogP contribution in [-0.2, 0) is 25.7 Å². The van der Waals surface area contributed by atoms with Gasteiger partial charge in [-0.1, -0.05) is 25.7 Å². The minimum atomic E-state index is 0. The summed E-state index contributed by atoms with van der Waals surface area (Å²) in [7, 11) is 0. The molecule has 0 saturated heterocycles. The van der Waals surface area contributed by atoms with Gasteiger partial charge in [-0.15, -0.1) is 0 Å². The molecular formula is C28H20Li4. The molecule has 0 spiro atoms. The summed E-state index contributed by atoms with van der Waals surface area (Å²) in [6.07, 6.45) is 3.64. The van der Waals surface area contributed by atoms with Gasteiger partial charge in [-0.05, 0) is 0 Å². The predicted molar refractivity (Wildman–Crippen MR) is 112 cm³/mol. The van der Waals surface area contributed by atoms with Crippen molar-refractivity contribution in [1.29, 1.82) is 0 Å². The van der Waals surface area contributed by atoms with E-state index in [4.69, 9.17) is 0 Å². The second kappa shape index (κ2) is 13.9. The van der Waals surface area contributed by atoms with Crippen molar-refractivity contribution in [2.75, 3.05) is 0 Å². The Morgan fingerprint density at radius 1 is 0.312 bits per heavy atom. The van der Waals surface area contributed by atoms with Gasteiger partial charge in [-0.3, -0.25) is 0 Å². The first-order valence-electron chi connectivity index (χ1n) is 9.76. The van der Waals surface area contributed by atoms with E-state index in [0.29, 0.717) is 0 Å². The van der Waals surface area contributed by atoms with Gasteiger partial charge in [0.1, 0.15) is 0 Å².